The van der Waals surface area contributed by atoms with E-state index in [1.165, 1.54) is 6.21 Å². The number of rotatable bonds is 7. The fourth-order valence-electron chi connectivity index (χ4n) is 2.71. The highest BCUT2D eigenvalue weighted by atomic mass is 79.9. The summed E-state index contributed by atoms with van der Waals surface area (Å²) < 4.78 is 7.14. The SMILES string of the molecule is Cc1cccc(NC(=O)COc2c(Br)cc(Br)cc2/C=N/NC(=O)c2ccc(Cl)cc2)c1. The molecule has 2 N–H and O–H groups in total. The molecule has 0 aliphatic heterocycles. The van der Waals surface area contributed by atoms with Crippen molar-refractivity contribution in [1.82, 2.24) is 5.43 Å². The van der Waals surface area contributed by atoms with Crippen LogP contribution in [0.3, 0.4) is 0 Å². The summed E-state index contributed by atoms with van der Waals surface area (Å²) in [4.78, 5) is 24.5. The first-order valence-electron chi connectivity index (χ1n) is 9.39. The third-order valence-corrected chi connectivity index (χ3v) is 5.46. The molecule has 0 heterocycles. The van der Waals surface area contributed by atoms with Crippen LogP contribution in [0.2, 0.25) is 5.02 Å². The van der Waals surface area contributed by atoms with Crippen molar-refractivity contribution in [2.45, 2.75) is 6.92 Å². The Morgan fingerprint density at radius 2 is 1.84 bits per heavy atom. The average Bonchev–Trinajstić information content (AvgIpc) is 2.73. The molecule has 0 atom stereocenters. The van der Waals surface area contributed by atoms with E-state index >= 15 is 0 Å². The molecule has 0 bridgehead atoms. The first-order valence-corrected chi connectivity index (χ1v) is 11.4. The first-order chi connectivity index (χ1) is 15.3. The van der Waals surface area contributed by atoms with E-state index in [4.69, 9.17) is 16.3 Å². The van der Waals surface area contributed by atoms with Crippen LogP contribution in [-0.2, 0) is 4.79 Å². The minimum Gasteiger partial charge on any atom is -0.482 e. The van der Waals surface area contributed by atoms with Crippen molar-refractivity contribution in [2.75, 3.05) is 11.9 Å². The van der Waals surface area contributed by atoms with Crippen molar-refractivity contribution in [3.63, 3.8) is 0 Å². The lowest BCUT2D eigenvalue weighted by atomic mass is 10.2. The van der Waals surface area contributed by atoms with Gasteiger partial charge in [0, 0.05) is 26.3 Å². The van der Waals surface area contributed by atoms with E-state index in [1.54, 1.807) is 36.4 Å². The number of carbonyl (C=O) groups is 2. The number of hydrazone groups is 1. The molecular weight excluding hydrogens is 562 g/mol. The fraction of sp³-hybridized carbons (Fsp3) is 0.0870. The molecule has 0 aliphatic rings. The van der Waals surface area contributed by atoms with Crippen molar-refractivity contribution in [3.8, 4) is 5.75 Å². The molecule has 0 saturated heterocycles. The van der Waals surface area contributed by atoms with Crippen LogP contribution in [0, 0.1) is 6.92 Å². The lowest BCUT2D eigenvalue weighted by Crippen LogP contribution is -2.21. The van der Waals surface area contributed by atoms with Crippen LogP contribution in [0.4, 0.5) is 5.69 Å². The molecule has 0 aliphatic carbocycles. The maximum absolute atomic E-state index is 12.3. The summed E-state index contributed by atoms with van der Waals surface area (Å²) >= 11 is 12.7. The molecule has 3 aromatic carbocycles. The Morgan fingerprint density at radius 1 is 1.09 bits per heavy atom. The van der Waals surface area contributed by atoms with Crippen LogP contribution >= 0.6 is 43.5 Å². The second kappa shape index (κ2) is 11.3. The Morgan fingerprint density at radius 3 is 2.56 bits per heavy atom. The highest BCUT2D eigenvalue weighted by molar-refractivity contribution is 9.11. The zero-order chi connectivity index (χ0) is 23.1. The van der Waals surface area contributed by atoms with Crippen LogP contribution < -0.4 is 15.5 Å². The van der Waals surface area contributed by atoms with Gasteiger partial charge in [0.25, 0.3) is 11.8 Å². The zero-order valence-corrected chi connectivity index (χ0v) is 20.8. The van der Waals surface area contributed by atoms with Crippen molar-refractivity contribution < 1.29 is 14.3 Å². The molecule has 0 spiro atoms. The van der Waals surface area contributed by atoms with Gasteiger partial charge in [0.05, 0.1) is 10.7 Å². The molecule has 0 unspecified atom stereocenters. The van der Waals surface area contributed by atoms with Gasteiger partial charge in [-0.2, -0.15) is 5.10 Å². The predicted octanol–water partition coefficient (Wildman–Crippen LogP) is 5.95. The molecule has 164 valence electrons. The van der Waals surface area contributed by atoms with Crippen LogP contribution in [0.25, 0.3) is 0 Å². The molecule has 2 amide bonds. The van der Waals surface area contributed by atoms with Crippen molar-refractivity contribution in [2.24, 2.45) is 5.10 Å². The number of aryl methyl sites for hydroxylation is 1. The average molecular weight is 580 g/mol. The van der Waals surface area contributed by atoms with Crippen LogP contribution in [0.15, 0.2) is 74.7 Å². The van der Waals surface area contributed by atoms with E-state index in [1.807, 2.05) is 31.2 Å². The Labute approximate surface area is 207 Å². The van der Waals surface area contributed by atoms with E-state index in [0.29, 0.717) is 32.1 Å². The number of halogens is 3. The summed E-state index contributed by atoms with van der Waals surface area (Å²) in [6, 6.07) is 17.5. The molecular formula is C23H18Br2ClN3O3. The molecule has 0 aromatic heterocycles. The van der Waals surface area contributed by atoms with Gasteiger partial charge < -0.3 is 10.1 Å². The minimum atomic E-state index is -0.382. The largest absolute Gasteiger partial charge is 0.482 e. The van der Waals surface area contributed by atoms with Gasteiger partial charge in [-0.1, -0.05) is 39.7 Å². The lowest BCUT2D eigenvalue weighted by molar-refractivity contribution is -0.118. The number of amides is 2. The summed E-state index contributed by atoms with van der Waals surface area (Å²) in [5.74, 6) is -0.270. The van der Waals surface area contributed by atoms with Crippen molar-refractivity contribution in [1.29, 1.82) is 0 Å². The maximum Gasteiger partial charge on any atom is 0.271 e. The Kier molecular flexibility index (Phi) is 8.44. The standard InChI is InChI=1S/C23H18Br2ClN3O3/c1-14-3-2-4-19(9-14)28-21(30)13-32-22-16(10-17(24)11-20(22)25)12-27-29-23(31)15-5-7-18(26)8-6-15/h2-12H,13H2,1H3,(H,28,30)(H,29,31)/b27-12+. The van der Waals surface area contributed by atoms with E-state index < -0.39 is 0 Å². The number of carbonyl (C=O) groups excluding carboxylic acids is 2. The molecule has 0 saturated carbocycles. The maximum atomic E-state index is 12.3. The van der Waals surface area contributed by atoms with E-state index in [-0.39, 0.29) is 18.4 Å². The number of hydrogen-bond acceptors (Lipinski definition) is 4. The third-order valence-electron chi connectivity index (χ3n) is 4.16. The Bertz CT molecular complexity index is 1170. The van der Waals surface area contributed by atoms with E-state index in [2.05, 4.69) is 47.7 Å². The van der Waals surface area contributed by atoms with Crippen LogP contribution in [0.1, 0.15) is 21.5 Å². The number of hydrogen-bond donors (Lipinski definition) is 2. The Hall–Kier alpha value is -2.68. The van der Waals surface area contributed by atoms with Gasteiger partial charge in [-0.15, -0.1) is 0 Å². The highest BCUT2D eigenvalue weighted by Crippen LogP contribution is 2.32. The second-order valence-corrected chi connectivity index (χ2v) is 8.92. The summed E-state index contributed by atoms with van der Waals surface area (Å²) in [6.07, 6.45) is 1.44. The summed E-state index contributed by atoms with van der Waals surface area (Å²) in [7, 11) is 0. The number of benzene rings is 3. The summed E-state index contributed by atoms with van der Waals surface area (Å²) in [5, 5.41) is 7.34. The summed E-state index contributed by atoms with van der Waals surface area (Å²) in [6.45, 7) is 1.74. The van der Waals surface area contributed by atoms with E-state index in [0.717, 1.165) is 10.0 Å². The van der Waals surface area contributed by atoms with Gasteiger partial charge in [0.15, 0.2) is 6.61 Å². The summed E-state index contributed by atoms with van der Waals surface area (Å²) in [5.41, 5.74) is 5.18. The quantitative estimate of drug-likeness (QED) is 0.268. The fourth-order valence-corrected chi connectivity index (χ4v) is 4.21. The molecule has 9 heteroatoms. The van der Waals surface area contributed by atoms with Crippen molar-refractivity contribution in [3.05, 3.63) is 91.3 Å². The molecule has 3 aromatic rings. The number of anilines is 1. The van der Waals surface area contributed by atoms with Gasteiger partial charge in [-0.05, 0) is 76.9 Å². The van der Waals surface area contributed by atoms with Gasteiger partial charge in [-0.25, -0.2) is 5.43 Å². The molecule has 3 rings (SSSR count). The van der Waals surface area contributed by atoms with Gasteiger partial charge in [0.2, 0.25) is 0 Å². The van der Waals surface area contributed by atoms with Gasteiger partial charge >= 0.3 is 0 Å². The highest BCUT2D eigenvalue weighted by Gasteiger charge is 2.12. The van der Waals surface area contributed by atoms with Gasteiger partial charge in [-0.3, -0.25) is 9.59 Å². The topological polar surface area (TPSA) is 79.8 Å². The van der Waals surface area contributed by atoms with E-state index in [9.17, 15) is 9.59 Å². The normalized spacial score (nSPS) is 10.8. The number of ether oxygens (including phenoxy) is 1. The van der Waals surface area contributed by atoms with Crippen LogP contribution in [-0.4, -0.2) is 24.6 Å². The first kappa shape index (κ1) is 24.0. The number of nitrogens with one attached hydrogen (secondary N) is 2. The monoisotopic (exact) mass is 577 g/mol. The lowest BCUT2D eigenvalue weighted by Gasteiger charge is -2.12. The number of nitrogens with zero attached hydrogens (tertiary/aromatic N) is 1. The second-order valence-electron chi connectivity index (χ2n) is 6.72. The molecule has 6 nitrogen and oxygen atoms in total. The zero-order valence-electron chi connectivity index (χ0n) is 16.9. The third kappa shape index (κ3) is 6.91. The van der Waals surface area contributed by atoms with Crippen molar-refractivity contribution >= 4 is 67.2 Å². The predicted molar refractivity (Wildman–Crippen MR) is 134 cm³/mol. The van der Waals surface area contributed by atoms with Gasteiger partial charge in [0.1, 0.15) is 5.75 Å². The van der Waals surface area contributed by atoms with Crippen LogP contribution in [0.5, 0.6) is 5.75 Å². The Balaban J connectivity index is 1.67. The minimum absolute atomic E-state index is 0.202. The molecule has 0 fully saturated rings. The smallest absolute Gasteiger partial charge is 0.271 e. The molecule has 32 heavy (non-hydrogen) atoms. The molecule has 0 radical (unpaired) electrons.